The second-order valence-electron chi connectivity index (χ2n) is 10.1. The minimum absolute atomic E-state index is 0.0467. The number of thiophene rings is 1. The number of thioether (sulfide) groups is 2. The van der Waals surface area contributed by atoms with Gasteiger partial charge in [0.2, 0.25) is 11.6 Å². The van der Waals surface area contributed by atoms with Crippen LogP contribution in [-0.2, 0) is 32.1 Å². The van der Waals surface area contributed by atoms with Gasteiger partial charge in [-0.2, -0.15) is 0 Å². The van der Waals surface area contributed by atoms with Crippen LogP contribution in [-0.4, -0.2) is 67.5 Å². The Hall–Kier alpha value is -3.30. The average molecular weight is 608 g/mol. The highest BCUT2D eigenvalue weighted by atomic mass is 32.2. The Bertz CT molecular complexity index is 1370. The van der Waals surface area contributed by atoms with E-state index in [1.165, 1.54) is 39.8 Å². The number of aliphatic carboxylic acids is 1. The summed E-state index contributed by atoms with van der Waals surface area (Å²) in [6, 6.07) is 6.08. The first-order valence-corrected chi connectivity index (χ1v) is 15.1. The number of carbonyl (C=O) groups is 4. The quantitative estimate of drug-likeness (QED) is 0.167. The van der Waals surface area contributed by atoms with Gasteiger partial charge in [0.25, 0.3) is 5.91 Å². The molecule has 0 radical (unpaired) electrons. The summed E-state index contributed by atoms with van der Waals surface area (Å²) in [5, 5.41) is 30.8. The molecular weight excluding hydrogens is 579 g/mol. The number of alkyl carbamates (subject to hydrolysis) is 1. The SMILES string of the molecule is Cc1ccc(SCC2=C(C(=O)O)N3C(=O)[C@@H](NC(=O)Cc4ccc(CNC(=O)OC(C)(C)C)s4)[C@H]3SC2)n[n+]1[O-]. The number of hydrogen-bond donors (Lipinski definition) is 3. The summed E-state index contributed by atoms with van der Waals surface area (Å²) in [5.41, 5.74) is 0.299. The molecule has 3 N–H and O–H groups in total. The molecule has 12 nitrogen and oxygen atoms in total. The van der Waals surface area contributed by atoms with Crippen LogP contribution < -0.4 is 15.5 Å². The number of β-lactam (4-membered cyclic amide) rings is 1. The van der Waals surface area contributed by atoms with Crippen molar-refractivity contribution in [1.82, 2.24) is 20.6 Å². The number of amides is 3. The van der Waals surface area contributed by atoms with E-state index in [0.29, 0.717) is 26.9 Å². The molecule has 214 valence electrons. The topological polar surface area (TPSA) is 165 Å². The van der Waals surface area contributed by atoms with Gasteiger partial charge in [-0.1, -0.05) is 16.6 Å². The zero-order valence-corrected chi connectivity index (χ0v) is 24.7. The fourth-order valence-electron chi connectivity index (χ4n) is 3.96. The molecule has 0 unspecified atom stereocenters. The molecule has 4 rings (SSSR count). The van der Waals surface area contributed by atoms with Crippen LogP contribution >= 0.6 is 34.9 Å². The van der Waals surface area contributed by atoms with E-state index in [-0.39, 0.29) is 30.3 Å². The van der Waals surface area contributed by atoms with Crippen molar-refractivity contribution in [3.8, 4) is 0 Å². The van der Waals surface area contributed by atoms with E-state index in [9.17, 15) is 29.5 Å². The third-order valence-electron chi connectivity index (χ3n) is 5.78. The molecule has 0 bridgehead atoms. The number of hydrogen-bond acceptors (Lipinski definition) is 10. The fourth-order valence-corrected chi connectivity index (χ4v) is 7.25. The number of nitrogens with zero attached hydrogens (tertiary/aromatic N) is 3. The van der Waals surface area contributed by atoms with Gasteiger partial charge in [0.05, 0.1) is 13.0 Å². The first-order chi connectivity index (χ1) is 18.8. The standard InChI is InChI=1S/C25H29N5O7S3/c1-13-5-8-18(28-30(13)36)38-11-14-12-39-22-19(21(32)29(22)20(14)23(33)34)27-17(31)9-15-6-7-16(40-15)10-26-24(35)37-25(2,3)4/h5-8,19,22H,9-12H2,1-4H3,(H,26,35)(H,27,31)(H,33,34)/t19-,22-/m1/s1. The molecular formula is C25H29N5O7S3. The van der Waals surface area contributed by atoms with Gasteiger partial charge in [0, 0.05) is 39.3 Å². The number of carboxylic acid groups (broad SMARTS) is 1. The molecule has 0 aromatic carbocycles. The number of rotatable bonds is 9. The second-order valence-corrected chi connectivity index (χ2v) is 13.4. The minimum Gasteiger partial charge on any atom is -0.594 e. The Morgan fingerprint density at radius 1 is 1.25 bits per heavy atom. The first kappa shape index (κ1) is 29.7. The molecule has 40 heavy (non-hydrogen) atoms. The molecule has 3 amide bonds. The van der Waals surface area contributed by atoms with E-state index in [0.717, 1.165) is 9.75 Å². The van der Waals surface area contributed by atoms with E-state index >= 15 is 0 Å². The van der Waals surface area contributed by atoms with Gasteiger partial charge in [-0.05, 0) is 44.5 Å². The second kappa shape index (κ2) is 12.1. The van der Waals surface area contributed by atoms with Crippen LogP contribution in [0.1, 0.15) is 36.2 Å². The smallest absolute Gasteiger partial charge is 0.407 e. The first-order valence-electron chi connectivity index (χ1n) is 12.3. The van der Waals surface area contributed by atoms with Crippen molar-refractivity contribution in [2.24, 2.45) is 0 Å². The Balaban J connectivity index is 1.32. The summed E-state index contributed by atoms with van der Waals surface area (Å²) >= 11 is 3.96. The van der Waals surface area contributed by atoms with Crippen molar-refractivity contribution in [3.63, 3.8) is 0 Å². The van der Waals surface area contributed by atoms with Gasteiger partial charge in [0.1, 0.15) is 22.7 Å². The minimum atomic E-state index is -1.22. The highest BCUT2D eigenvalue weighted by molar-refractivity contribution is 8.01. The lowest BCUT2D eigenvalue weighted by Gasteiger charge is -2.49. The predicted octanol–water partition coefficient (Wildman–Crippen LogP) is 2.18. The molecule has 1 saturated heterocycles. The van der Waals surface area contributed by atoms with Crippen molar-refractivity contribution in [3.05, 3.63) is 56.2 Å². The maximum absolute atomic E-state index is 12.9. The highest BCUT2D eigenvalue weighted by Crippen LogP contribution is 2.41. The van der Waals surface area contributed by atoms with Crippen LogP contribution in [0.15, 0.2) is 40.6 Å². The lowest BCUT2D eigenvalue weighted by Crippen LogP contribution is -2.70. The van der Waals surface area contributed by atoms with E-state index in [1.54, 1.807) is 45.9 Å². The summed E-state index contributed by atoms with van der Waals surface area (Å²) < 4.78 is 5.21. The molecule has 0 spiro atoms. The number of aryl methyl sites for hydroxylation is 1. The Labute approximate surface area is 243 Å². The number of ether oxygens (including phenoxy) is 1. The Kier molecular flexibility index (Phi) is 8.95. The van der Waals surface area contributed by atoms with Crippen molar-refractivity contribution < 1.29 is 33.9 Å². The number of carboxylic acids is 1. The summed E-state index contributed by atoms with van der Waals surface area (Å²) in [5.74, 6) is -1.45. The number of aromatic nitrogens is 2. The highest BCUT2D eigenvalue weighted by Gasteiger charge is 2.54. The normalized spacial score (nSPS) is 18.6. The van der Waals surface area contributed by atoms with Gasteiger partial charge < -0.3 is 25.7 Å². The monoisotopic (exact) mass is 607 g/mol. The van der Waals surface area contributed by atoms with Crippen LogP contribution in [0.25, 0.3) is 0 Å². The molecule has 2 aliphatic heterocycles. The fraction of sp³-hybridized carbons (Fsp3) is 0.440. The molecule has 2 aromatic heterocycles. The van der Waals surface area contributed by atoms with Gasteiger partial charge in [-0.25, -0.2) is 9.59 Å². The van der Waals surface area contributed by atoms with Gasteiger partial charge in [-0.15, -0.1) is 23.1 Å². The van der Waals surface area contributed by atoms with Gasteiger partial charge >= 0.3 is 12.1 Å². The van der Waals surface area contributed by atoms with Crippen molar-refractivity contribution in [2.75, 3.05) is 11.5 Å². The van der Waals surface area contributed by atoms with Crippen molar-refractivity contribution >= 4 is 58.7 Å². The van der Waals surface area contributed by atoms with E-state index in [2.05, 4.69) is 15.7 Å². The zero-order chi connectivity index (χ0) is 29.2. The predicted molar refractivity (Wildman–Crippen MR) is 149 cm³/mol. The molecule has 4 heterocycles. The van der Waals surface area contributed by atoms with Crippen LogP contribution in [0.3, 0.4) is 0 Å². The van der Waals surface area contributed by atoms with Crippen LogP contribution in [0.4, 0.5) is 4.79 Å². The van der Waals surface area contributed by atoms with Crippen molar-refractivity contribution in [2.45, 2.75) is 62.7 Å². The molecule has 2 atom stereocenters. The molecule has 2 aromatic rings. The van der Waals surface area contributed by atoms with E-state index in [1.807, 2.05) is 6.07 Å². The van der Waals surface area contributed by atoms with Gasteiger partial charge in [0.15, 0.2) is 5.03 Å². The summed E-state index contributed by atoms with van der Waals surface area (Å²) in [7, 11) is 0. The van der Waals surface area contributed by atoms with E-state index in [4.69, 9.17) is 4.74 Å². The maximum Gasteiger partial charge on any atom is 0.407 e. The third kappa shape index (κ3) is 7.06. The van der Waals surface area contributed by atoms with Crippen LogP contribution in [0.2, 0.25) is 0 Å². The van der Waals surface area contributed by atoms with Crippen LogP contribution in [0, 0.1) is 12.1 Å². The van der Waals surface area contributed by atoms with Crippen molar-refractivity contribution in [1.29, 1.82) is 0 Å². The number of fused-ring (bicyclic) bond motifs is 1. The summed E-state index contributed by atoms with van der Waals surface area (Å²) in [4.78, 5) is 52.9. The van der Waals surface area contributed by atoms with Crippen LogP contribution in [0.5, 0.6) is 0 Å². The lowest BCUT2D eigenvalue weighted by atomic mass is 10.0. The third-order valence-corrected chi connectivity index (χ3v) is 9.21. The molecule has 15 heteroatoms. The molecule has 0 aliphatic carbocycles. The molecule has 1 fully saturated rings. The number of carbonyl (C=O) groups excluding carboxylic acids is 3. The molecule has 2 aliphatic rings. The number of nitrogens with one attached hydrogen (secondary N) is 2. The van der Waals surface area contributed by atoms with E-state index < -0.39 is 35.0 Å². The average Bonchev–Trinajstić information content (AvgIpc) is 3.32. The largest absolute Gasteiger partial charge is 0.594 e. The Morgan fingerprint density at radius 3 is 2.65 bits per heavy atom. The molecule has 0 saturated carbocycles. The summed E-state index contributed by atoms with van der Waals surface area (Å²) in [6.07, 6.45) is -0.484. The maximum atomic E-state index is 12.9. The zero-order valence-electron chi connectivity index (χ0n) is 22.3. The lowest BCUT2D eigenvalue weighted by molar-refractivity contribution is -0.679. The summed E-state index contributed by atoms with van der Waals surface area (Å²) in [6.45, 7) is 7.22. The van der Waals surface area contributed by atoms with Gasteiger partial charge in [-0.3, -0.25) is 14.5 Å². The Morgan fingerprint density at radius 2 is 1.98 bits per heavy atom.